The van der Waals surface area contributed by atoms with Gasteiger partial charge in [-0.05, 0) is 150 Å². The fourth-order valence-electron chi connectivity index (χ4n) is 9.70. The van der Waals surface area contributed by atoms with Crippen molar-refractivity contribution >= 4 is 53.4 Å². The summed E-state index contributed by atoms with van der Waals surface area (Å²) in [6.07, 6.45) is -1.57. The van der Waals surface area contributed by atoms with Crippen LogP contribution in [-0.2, 0) is 89.5 Å². The number of nitrogens with one attached hydrogen (secondary N) is 5. The van der Waals surface area contributed by atoms with Gasteiger partial charge in [0.25, 0.3) is 0 Å². The van der Waals surface area contributed by atoms with Gasteiger partial charge in [-0.25, -0.2) is 14.4 Å². The molecule has 0 heterocycles. The highest BCUT2D eigenvalue weighted by Gasteiger charge is 2.35. The van der Waals surface area contributed by atoms with Gasteiger partial charge in [0.15, 0.2) is 13.2 Å². The maximum Gasteiger partial charge on any atom is 0.344 e. The number of ether oxygens (including phenoxy) is 5. The second-order valence-corrected chi connectivity index (χ2v) is 25.8. The summed E-state index contributed by atoms with van der Waals surface area (Å²) in [5.74, 6) is -7.37. The number of carboxylic acid groups (broad SMARTS) is 1. The van der Waals surface area contributed by atoms with Crippen LogP contribution in [0.2, 0.25) is 0 Å². The van der Waals surface area contributed by atoms with Crippen LogP contribution in [0.1, 0.15) is 102 Å². The zero-order chi connectivity index (χ0) is 68.9. The third-order valence-corrected chi connectivity index (χ3v) is 14.0. The van der Waals surface area contributed by atoms with Gasteiger partial charge in [-0.3, -0.25) is 28.8 Å². The Morgan fingerprint density at radius 1 is 0.415 bits per heavy atom. The van der Waals surface area contributed by atoms with Crippen molar-refractivity contribution in [3.05, 3.63) is 185 Å². The van der Waals surface area contributed by atoms with Gasteiger partial charge >= 0.3 is 23.9 Å². The molecule has 0 saturated heterocycles. The van der Waals surface area contributed by atoms with E-state index >= 15 is 9.59 Å². The number of aromatic hydroxyl groups is 1. The van der Waals surface area contributed by atoms with Crippen molar-refractivity contribution in [3.8, 4) is 28.4 Å². The SMILES string of the molecule is Cc1cc(C[C@H](NC(=O)[C@H](Cc2ccccc2)NC(=O)[C@H](CC(=O)OC(C)(C)C)NC(=O)[C@@H](N)Cc2ccc(OCC(=O)OC(C)(C)C)cc2)C(=O)N[C@@H](Cc2ccc(-c3ccccc3)cc2)C(=O)N[C@@H](Cc2ccc(O)cc2)C(=O)O)ccc1OCC(=O)OC(C)(C)C. The van der Waals surface area contributed by atoms with E-state index in [2.05, 4.69) is 26.6 Å². The minimum Gasteiger partial charge on any atom is -0.508 e. The quantitative estimate of drug-likeness (QED) is 0.0168. The number of amides is 5. The van der Waals surface area contributed by atoms with Crippen LogP contribution < -0.4 is 41.8 Å². The van der Waals surface area contributed by atoms with Crippen molar-refractivity contribution in [2.24, 2.45) is 5.73 Å². The topological polar surface area (TPSA) is 326 Å². The molecule has 0 fully saturated rings. The van der Waals surface area contributed by atoms with Gasteiger partial charge in [-0.1, -0.05) is 121 Å². The molecule has 500 valence electrons. The molecular weight excluding hydrogens is 1200 g/mol. The number of aliphatic carboxylic acids is 1. The normalized spacial score (nSPS) is 13.4. The number of benzene rings is 6. The molecule has 6 aromatic carbocycles. The van der Waals surface area contributed by atoms with Gasteiger partial charge in [-0.15, -0.1) is 0 Å². The Morgan fingerprint density at radius 2 is 0.787 bits per heavy atom. The second-order valence-electron chi connectivity index (χ2n) is 25.8. The number of esters is 3. The average molecular weight is 1290 g/mol. The Hall–Kier alpha value is -10.1. The number of carbonyl (C=O) groups is 9. The summed E-state index contributed by atoms with van der Waals surface area (Å²) < 4.78 is 27.7. The number of rotatable bonds is 30. The molecule has 0 radical (unpaired) electrons. The zero-order valence-electron chi connectivity index (χ0n) is 54.7. The summed E-state index contributed by atoms with van der Waals surface area (Å²) in [7, 11) is 0. The first-order valence-electron chi connectivity index (χ1n) is 30.8. The summed E-state index contributed by atoms with van der Waals surface area (Å²) in [6.45, 7) is 16.2. The number of aryl methyl sites for hydroxylation is 1. The number of carboxylic acids is 1. The van der Waals surface area contributed by atoms with Crippen molar-refractivity contribution in [2.75, 3.05) is 13.2 Å². The molecule has 6 aromatic rings. The Balaban J connectivity index is 1.33. The molecule has 5 amide bonds. The lowest BCUT2D eigenvalue weighted by atomic mass is 9.98. The fraction of sp³-hybridized carbons (Fsp3) is 0.375. The minimum atomic E-state index is -1.68. The Bertz CT molecular complexity index is 3560. The molecule has 0 unspecified atom stereocenters. The molecule has 22 nitrogen and oxygen atoms in total. The third kappa shape index (κ3) is 25.2. The van der Waals surface area contributed by atoms with Crippen LogP contribution in [-0.4, -0.2) is 130 Å². The van der Waals surface area contributed by atoms with E-state index in [1.807, 2.05) is 42.5 Å². The maximum absolute atomic E-state index is 15.2. The van der Waals surface area contributed by atoms with Gasteiger partial charge in [0, 0.05) is 25.7 Å². The van der Waals surface area contributed by atoms with Gasteiger partial charge < -0.3 is 66.2 Å². The van der Waals surface area contributed by atoms with Gasteiger partial charge in [0.1, 0.15) is 64.3 Å². The number of hydrogen-bond donors (Lipinski definition) is 8. The summed E-state index contributed by atoms with van der Waals surface area (Å²) in [6, 6.07) is 33.4. The lowest BCUT2D eigenvalue weighted by Gasteiger charge is -2.28. The van der Waals surface area contributed by atoms with Crippen molar-refractivity contribution in [1.82, 2.24) is 26.6 Å². The Labute approximate surface area is 548 Å². The molecule has 0 aliphatic heterocycles. The predicted molar refractivity (Wildman–Crippen MR) is 351 cm³/mol. The molecule has 9 N–H and O–H groups in total. The van der Waals surface area contributed by atoms with E-state index in [4.69, 9.17) is 29.4 Å². The molecule has 94 heavy (non-hydrogen) atoms. The van der Waals surface area contributed by atoms with E-state index in [0.29, 0.717) is 44.9 Å². The van der Waals surface area contributed by atoms with Gasteiger partial charge in [-0.2, -0.15) is 0 Å². The molecule has 22 heteroatoms. The van der Waals surface area contributed by atoms with Gasteiger partial charge in [0.05, 0.1) is 12.5 Å². The zero-order valence-corrected chi connectivity index (χ0v) is 54.7. The van der Waals surface area contributed by atoms with Gasteiger partial charge in [0.2, 0.25) is 29.5 Å². The molecule has 0 bridgehead atoms. The third-order valence-electron chi connectivity index (χ3n) is 14.0. The highest BCUT2D eigenvalue weighted by atomic mass is 16.6. The van der Waals surface area contributed by atoms with Crippen molar-refractivity contribution in [1.29, 1.82) is 0 Å². The van der Waals surface area contributed by atoms with E-state index in [1.165, 1.54) is 24.3 Å². The van der Waals surface area contributed by atoms with E-state index in [1.54, 1.807) is 154 Å². The maximum atomic E-state index is 15.2. The number of phenols is 1. The number of nitrogens with two attached hydrogens (primary N) is 1. The van der Waals surface area contributed by atoms with Crippen LogP contribution >= 0.6 is 0 Å². The first-order chi connectivity index (χ1) is 44.2. The predicted octanol–water partition coefficient (Wildman–Crippen LogP) is 6.89. The van der Waals surface area contributed by atoms with Crippen molar-refractivity contribution in [2.45, 2.75) is 161 Å². The molecule has 6 atom stereocenters. The first kappa shape index (κ1) is 73.0. The van der Waals surface area contributed by atoms with Crippen molar-refractivity contribution < 1.29 is 77.0 Å². The molecule has 6 rings (SSSR count). The molecular formula is C72H86N6O16. The summed E-state index contributed by atoms with van der Waals surface area (Å²) >= 11 is 0. The van der Waals surface area contributed by atoms with Crippen LogP contribution in [0.25, 0.3) is 11.1 Å². The second kappa shape index (κ2) is 33.5. The number of phenolic OH excluding ortho intramolecular Hbond substituents is 1. The smallest absolute Gasteiger partial charge is 0.344 e. The molecule has 0 spiro atoms. The van der Waals surface area contributed by atoms with E-state index in [-0.39, 0.29) is 44.5 Å². The highest BCUT2D eigenvalue weighted by molar-refractivity contribution is 5.98. The van der Waals surface area contributed by atoms with Crippen molar-refractivity contribution in [3.63, 3.8) is 0 Å². The van der Waals surface area contributed by atoms with Crippen LogP contribution in [0.15, 0.2) is 152 Å². The molecule has 0 aromatic heterocycles. The highest BCUT2D eigenvalue weighted by Crippen LogP contribution is 2.24. The Kier molecular flexibility index (Phi) is 26.0. The molecule has 0 aliphatic rings. The van der Waals surface area contributed by atoms with Crippen LogP contribution in [0, 0.1) is 6.92 Å². The minimum absolute atomic E-state index is 0.0498. The number of carbonyl (C=O) groups excluding carboxylic acids is 8. The average Bonchev–Trinajstić information content (AvgIpc) is 0.856. The first-order valence-corrected chi connectivity index (χ1v) is 30.8. The van der Waals surface area contributed by atoms with E-state index in [0.717, 1.165) is 11.1 Å². The van der Waals surface area contributed by atoms with Crippen LogP contribution in [0.3, 0.4) is 0 Å². The standard InChI is InChI=1S/C72H86N6O16/c1-44-35-49(27-34-60(44)91-43-63(82)94-72(8,9)10)40-57(66(85)75-56(38-47-21-28-51(29-22-47)50-19-15-12-16-20-50)67(86)78-59(69(88)89)39-48-23-30-52(79)31-24-48)77-65(84)55(37-45-17-13-11-14-18-45)76-68(87)58(41-61(80)92-70(2,3)4)74-64(83)54(73)36-46-25-32-53(33-26-46)90-42-62(81)93-71(5,6)7/h11-35,54-59,79H,36-43,73H2,1-10H3,(H,74,83)(H,75,85)(H,76,87)(H,77,84)(H,78,86)(H,88,89)/t54-,55-,56-,57-,58-,59-/m0/s1. The van der Waals surface area contributed by atoms with Crippen LogP contribution in [0.4, 0.5) is 0 Å². The van der Waals surface area contributed by atoms with E-state index < -0.39 is 119 Å². The number of hydrogen-bond acceptors (Lipinski definition) is 16. The summed E-state index contributed by atoms with van der Waals surface area (Å²) in [5.41, 5.74) is 8.90. The lowest BCUT2D eigenvalue weighted by molar-refractivity contribution is -0.158. The van der Waals surface area contributed by atoms with E-state index in [9.17, 15) is 43.8 Å². The van der Waals surface area contributed by atoms with Crippen LogP contribution in [0.5, 0.6) is 17.2 Å². The molecule has 0 aliphatic carbocycles. The molecule has 0 saturated carbocycles. The fourth-order valence-corrected chi connectivity index (χ4v) is 9.70. The monoisotopic (exact) mass is 1290 g/mol. The lowest BCUT2D eigenvalue weighted by Crippen LogP contribution is -2.60. The summed E-state index contributed by atoms with van der Waals surface area (Å²) in [5, 5.41) is 33.8. The largest absolute Gasteiger partial charge is 0.508 e. The Morgan fingerprint density at radius 3 is 1.28 bits per heavy atom. The summed E-state index contributed by atoms with van der Waals surface area (Å²) in [4.78, 5) is 125.